The maximum Gasteiger partial charge on any atom is 0.0540 e. The fraction of sp³-hybridized carbons (Fsp3) is 0.0638. The third-order valence-electron chi connectivity index (χ3n) is 9.49. The van der Waals surface area contributed by atoms with Gasteiger partial charge in [-0.05, 0) is 114 Å². The number of allylic oxidation sites excluding steroid dienone is 1. The summed E-state index contributed by atoms with van der Waals surface area (Å²) in [7, 11) is 0. The Kier molecular flexibility index (Phi) is 8.13. The first kappa shape index (κ1) is 30.2. The van der Waals surface area contributed by atoms with Crippen molar-refractivity contribution < 1.29 is 0 Å². The lowest BCUT2D eigenvalue weighted by Gasteiger charge is -2.28. The zero-order chi connectivity index (χ0) is 33.2. The van der Waals surface area contributed by atoms with E-state index in [1.54, 1.807) is 0 Å². The third kappa shape index (κ3) is 5.83. The molecule has 0 heterocycles. The lowest BCUT2D eigenvalue weighted by molar-refractivity contribution is 1.27. The molecule has 0 bridgehead atoms. The average molecular weight is 631 g/mol. The average Bonchev–Trinajstić information content (AvgIpc) is 3.36. The van der Waals surface area contributed by atoms with Gasteiger partial charge in [-0.2, -0.15) is 0 Å². The highest BCUT2D eigenvalue weighted by atomic mass is 15.2. The van der Waals surface area contributed by atoms with Crippen molar-refractivity contribution in [2.24, 2.45) is 0 Å². The number of anilines is 5. The zero-order valence-corrected chi connectivity index (χ0v) is 27.9. The Hall–Kier alpha value is -6.12. The molecular weight excluding hydrogens is 593 g/mol. The highest BCUT2D eigenvalue weighted by molar-refractivity contribution is 5.99. The van der Waals surface area contributed by atoms with Crippen molar-refractivity contribution in [1.29, 1.82) is 0 Å². The van der Waals surface area contributed by atoms with E-state index in [0.717, 1.165) is 29.2 Å². The van der Waals surface area contributed by atoms with Gasteiger partial charge in [0.05, 0.1) is 11.4 Å². The van der Waals surface area contributed by atoms with E-state index in [2.05, 4.69) is 206 Å². The molecule has 1 aliphatic carbocycles. The van der Waals surface area contributed by atoms with Crippen molar-refractivity contribution in [3.05, 3.63) is 198 Å². The van der Waals surface area contributed by atoms with E-state index in [4.69, 9.17) is 0 Å². The second kappa shape index (κ2) is 13.2. The summed E-state index contributed by atoms with van der Waals surface area (Å²) in [6.07, 6.45) is 7.75. The van der Waals surface area contributed by atoms with Gasteiger partial charge in [0.2, 0.25) is 0 Å². The molecule has 0 fully saturated rings. The Balaban J connectivity index is 1.22. The predicted molar refractivity (Wildman–Crippen MR) is 209 cm³/mol. The van der Waals surface area contributed by atoms with Crippen LogP contribution in [0.15, 0.2) is 176 Å². The first-order valence-corrected chi connectivity index (χ1v) is 17.0. The number of benzene rings is 7. The summed E-state index contributed by atoms with van der Waals surface area (Å²) in [4.78, 5) is 4.77. The second-order valence-electron chi connectivity index (χ2n) is 12.7. The van der Waals surface area contributed by atoms with Crippen LogP contribution in [0.5, 0.6) is 0 Å². The summed E-state index contributed by atoms with van der Waals surface area (Å²) >= 11 is 0. The Morgan fingerprint density at radius 1 is 0.469 bits per heavy atom. The number of aryl methyl sites for hydroxylation is 2. The van der Waals surface area contributed by atoms with E-state index in [1.165, 1.54) is 54.8 Å². The van der Waals surface area contributed by atoms with Crippen molar-refractivity contribution in [3.63, 3.8) is 0 Å². The Morgan fingerprint density at radius 3 is 1.73 bits per heavy atom. The van der Waals surface area contributed by atoms with Crippen LogP contribution in [0.3, 0.4) is 0 Å². The molecule has 1 aliphatic rings. The van der Waals surface area contributed by atoms with Gasteiger partial charge in [0, 0.05) is 33.4 Å². The van der Waals surface area contributed by atoms with Gasteiger partial charge in [0.1, 0.15) is 0 Å². The van der Waals surface area contributed by atoms with Crippen LogP contribution < -0.4 is 20.2 Å². The standard InChI is InChI=1S/C47H38N2/c1-34-32-40(48(38-20-5-3-6-21-38)46-26-14-11-18-36-16-9-12-24-44(36)46)28-30-42(34)43-31-29-41(33-35(43)2)49(39-22-7-4-8-23-39)47-27-15-19-37-17-10-13-25-45(37)47/h3-10,12-33H,11H2,1-2H3. The maximum atomic E-state index is 2.39. The fourth-order valence-electron chi connectivity index (χ4n) is 7.16. The van der Waals surface area contributed by atoms with Crippen LogP contribution in [0, 0.1) is 13.8 Å². The SMILES string of the molecule is Cc1cc(N(C2=c3ccccc3=CCC=C2)c2ccccc2)ccc1-c1ccc(N(c2ccccc2)c2cccc3ccccc23)cc1C. The van der Waals surface area contributed by atoms with Crippen LogP contribution in [-0.2, 0) is 0 Å². The van der Waals surface area contributed by atoms with Gasteiger partial charge in [-0.1, -0.05) is 121 Å². The molecule has 0 unspecified atom stereocenters. The summed E-state index contributed by atoms with van der Waals surface area (Å²) in [6.45, 7) is 4.46. The van der Waals surface area contributed by atoms with Crippen molar-refractivity contribution in [1.82, 2.24) is 0 Å². The Labute approximate surface area is 288 Å². The van der Waals surface area contributed by atoms with Crippen molar-refractivity contribution >= 4 is 51.0 Å². The van der Waals surface area contributed by atoms with Crippen LogP contribution in [0.2, 0.25) is 0 Å². The molecule has 2 nitrogen and oxygen atoms in total. The van der Waals surface area contributed by atoms with Crippen LogP contribution in [-0.4, -0.2) is 0 Å². The Morgan fingerprint density at radius 2 is 1.04 bits per heavy atom. The zero-order valence-electron chi connectivity index (χ0n) is 27.9. The quantitative estimate of drug-likeness (QED) is 0.173. The van der Waals surface area contributed by atoms with Crippen molar-refractivity contribution in [2.75, 3.05) is 9.80 Å². The lowest BCUT2D eigenvalue weighted by Crippen LogP contribution is -2.31. The van der Waals surface area contributed by atoms with E-state index >= 15 is 0 Å². The molecule has 0 radical (unpaired) electrons. The summed E-state index contributed by atoms with van der Waals surface area (Å²) in [6, 6.07) is 59.0. The number of hydrogen-bond acceptors (Lipinski definition) is 2. The number of fused-ring (bicyclic) bond motifs is 2. The van der Waals surface area contributed by atoms with Crippen LogP contribution in [0.4, 0.5) is 28.4 Å². The number of para-hydroxylation sites is 2. The van der Waals surface area contributed by atoms with Gasteiger partial charge in [0.15, 0.2) is 0 Å². The number of nitrogens with zero attached hydrogens (tertiary/aromatic N) is 2. The minimum Gasteiger partial charge on any atom is -0.310 e. The molecule has 236 valence electrons. The largest absolute Gasteiger partial charge is 0.310 e. The highest BCUT2D eigenvalue weighted by Crippen LogP contribution is 2.41. The lowest BCUT2D eigenvalue weighted by atomic mass is 9.95. The van der Waals surface area contributed by atoms with E-state index < -0.39 is 0 Å². The van der Waals surface area contributed by atoms with E-state index in [9.17, 15) is 0 Å². The van der Waals surface area contributed by atoms with Crippen LogP contribution >= 0.6 is 0 Å². The molecule has 0 spiro atoms. The molecule has 0 N–H and O–H groups in total. The fourth-order valence-corrected chi connectivity index (χ4v) is 7.16. The molecule has 49 heavy (non-hydrogen) atoms. The summed E-state index contributed by atoms with van der Waals surface area (Å²) in [5.74, 6) is 0. The minimum absolute atomic E-state index is 0.915. The van der Waals surface area contributed by atoms with E-state index in [-0.39, 0.29) is 0 Å². The monoisotopic (exact) mass is 630 g/mol. The van der Waals surface area contributed by atoms with Crippen molar-refractivity contribution in [2.45, 2.75) is 20.3 Å². The summed E-state index contributed by atoms with van der Waals surface area (Å²) < 4.78 is 0. The molecule has 0 saturated heterocycles. The van der Waals surface area contributed by atoms with Gasteiger partial charge in [-0.3, -0.25) is 0 Å². The van der Waals surface area contributed by atoms with E-state index in [1.807, 2.05) is 0 Å². The summed E-state index contributed by atoms with van der Waals surface area (Å²) in [5.41, 5.74) is 11.9. The molecule has 8 rings (SSSR count). The van der Waals surface area contributed by atoms with Crippen LogP contribution in [0.25, 0.3) is 33.7 Å². The number of hydrogen-bond donors (Lipinski definition) is 0. The molecule has 7 aromatic rings. The third-order valence-corrected chi connectivity index (χ3v) is 9.49. The molecule has 0 saturated carbocycles. The van der Waals surface area contributed by atoms with Crippen molar-refractivity contribution in [3.8, 4) is 11.1 Å². The summed E-state index contributed by atoms with van der Waals surface area (Å²) in [5, 5.41) is 4.96. The normalized spacial score (nSPS) is 12.2. The Bertz CT molecular complexity index is 2440. The smallest absolute Gasteiger partial charge is 0.0540 e. The van der Waals surface area contributed by atoms with Gasteiger partial charge >= 0.3 is 0 Å². The topological polar surface area (TPSA) is 6.48 Å². The maximum absolute atomic E-state index is 2.39. The number of rotatable bonds is 7. The van der Waals surface area contributed by atoms with Gasteiger partial charge in [-0.15, -0.1) is 0 Å². The first-order chi connectivity index (χ1) is 24.2. The minimum atomic E-state index is 0.915. The molecule has 0 atom stereocenters. The molecular formula is C47H38N2. The van der Waals surface area contributed by atoms with E-state index in [0.29, 0.717) is 0 Å². The van der Waals surface area contributed by atoms with Crippen LogP contribution in [0.1, 0.15) is 17.5 Å². The predicted octanol–water partition coefficient (Wildman–Crippen LogP) is 11.3. The molecule has 0 aromatic heterocycles. The van der Waals surface area contributed by atoms with Gasteiger partial charge < -0.3 is 9.80 Å². The molecule has 7 aromatic carbocycles. The molecule has 0 amide bonds. The first-order valence-electron chi connectivity index (χ1n) is 17.0. The second-order valence-corrected chi connectivity index (χ2v) is 12.7. The van der Waals surface area contributed by atoms with Gasteiger partial charge in [-0.25, -0.2) is 0 Å². The highest BCUT2D eigenvalue weighted by Gasteiger charge is 2.19. The molecule has 2 heteroatoms. The molecule has 0 aliphatic heterocycles. The van der Waals surface area contributed by atoms with Gasteiger partial charge in [0.25, 0.3) is 0 Å².